The number of piperidine rings is 1. The Morgan fingerprint density at radius 2 is 2.04 bits per heavy atom. The molecular weight excluding hydrogens is 356 g/mol. The molecule has 1 saturated heterocycles. The maximum Gasteiger partial charge on any atom is 0.410 e. The molecule has 1 aromatic heterocycles. The van der Waals surface area contributed by atoms with Gasteiger partial charge in [-0.3, -0.25) is 4.79 Å². The number of hydrogen-bond donors (Lipinski definition) is 0. The largest absolute Gasteiger partial charge is 0.444 e. The summed E-state index contributed by atoms with van der Waals surface area (Å²) in [6.07, 6.45) is 1.37. The third kappa shape index (κ3) is 6.55. The summed E-state index contributed by atoms with van der Waals surface area (Å²) in [6, 6.07) is 4.27. The first kappa shape index (κ1) is 20.1. The number of ether oxygens (including phenoxy) is 1. The van der Waals surface area contributed by atoms with Crippen molar-refractivity contribution in [3.63, 3.8) is 0 Å². The van der Waals surface area contributed by atoms with Gasteiger partial charge >= 0.3 is 6.09 Å². The highest BCUT2D eigenvalue weighted by atomic mass is 32.2. The summed E-state index contributed by atoms with van der Waals surface area (Å²) in [5, 5.41) is 2.06. The third-order valence-corrected chi connectivity index (χ3v) is 6.16. The lowest BCUT2D eigenvalue weighted by molar-refractivity contribution is -0.130. The van der Waals surface area contributed by atoms with Crippen molar-refractivity contribution in [1.82, 2.24) is 9.80 Å². The Balaban J connectivity index is 1.96. The summed E-state index contributed by atoms with van der Waals surface area (Å²) in [4.78, 5) is 27.9. The lowest BCUT2D eigenvalue weighted by atomic mass is 10.0. The van der Waals surface area contributed by atoms with Crippen molar-refractivity contribution in [2.45, 2.75) is 56.4 Å². The highest BCUT2D eigenvalue weighted by molar-refractivity contribution is 8.01. The number of amides is 2. The van der Waals surface area contributed by atoms with E-state index in [1.54, 1.807) is 30.0 Å². The van der Waals surface area contributed by atoms with Crippen LogP contribution in [-0.2, 0) is 9.53 Å². The Kier molecular flexibility index (Phi) is 7.19. The van der Waals surface area contributed by atoms with E-state index in [4.69, 9.17) is 4.74 Å². The fourth-order valence-corrected chi connectivity index (χ4v) is 4.63. The topological polar surface area (TPSA) is 49.9 Å². The van der Waals surface area contributed by atoms with Crippen LogP contribution in [0.15, 0.2) is 21.7 Å². The van der Waals surface area contributed by atoms with Gasteiger partial charge in [-0.15, -0.1) is 23.1 Å². The van der Waals surface area contributed by atoms with Gasteiger partial charge in [0.2, 0.25) is 5.91 Å². The van der Waals surface area contributed by atoms with Crippen molar-refractivity contribution < 1.29 is 14.3 Å². The van der Waals surface area contributed by atoms with Crippen LogP contribution in [0.5, 0.6) is 0 Å². The highest BCUT2D eigenvalue weighted by Crippen LogP contribution is 2.25. The molecule has 7 heteroatoms. The average molecular weight is 385 g/mol. The second-order valence-electron chi connectivity index (χ2n) is 7.19. The summed E-state index contributed by atoms with van der Waals surface area (Å²) >= 11 is 3.48. The molecule has 2 heterocycles. The molecule has 0 N–H and O–H groups in total. The standard InChI is InChI=1S/C18H28N2O3S2/c1-14(21)19-9-7-15(8-10-19)20(17(22)23-18(2,3)4)11-13-25-16-6-5-12-24-16/h5-6,12,15H,7-11,13H2,1-4H3. The molecule has 1 aliphatic heterocycles. The SMILES string of the molecule is CC(=O)N1CCC(N(CCSc2cccs2)C(=O)OC(C)(C)C)CC1. The second kappa shape index (κ2) is 8.94. The summed E-state index contributed by atoms with van der Waals surface area (Å²) in [7, 11) is 0. The van der Waals surface area contributed by atoms with Crippen LogP contribution in [-0.4, -0.2) is 58.8 Å². The van der Waals surface area contributed by atoms with Crippen LogP contribution < -0.4 is 0 Å². The normalized spacial score (nSPS) is 15.9. The van der Waals surface area contributed by atoms with Crippen molar-refractivity contribution in [3.05, 3.63) is 17.5 Å². The van der Waals surface area contributed by atoms with Crippen molar-refractivity contribution >= 4 is 35.1 Å². The summed E-state index contributed by atoms with van der Waals surface area (Å²) < 4.78 is 6.87. The molecule has 0 atom stereocenters. The van der Waals surface area contributed by atoms with Gasteiger partial charge in [0.25, 0.3) is 0 Å². The predicted molar refractivity (Wildman–Crippen MR) is 103 cm³/mol. The van der Waals surface area contributed by atoms with Crippen molar-refractivity contribution in [1.29, 1.82) is 0 Å². The van der Waals surface area contributed by atoms with Crippen LogP contribution in [0.1, 0.15) is 40.5 Å². The zero-order valence-electron chi connectivity index (χ0n) is 15.5. The minimum absolute atomic E-state index is 0.107. The Bertz CT molecular complexity index is 561. The molecule has 0 aromatic carbocycles. The van der Waals surface area contributed by atoms with Gasteiger partial charge in [-0.05, 0) is 45.1 Å². The maximum absolute atomic E-state index is 12.7. The Hall–Kier alpha value is -1.21. The average Bonchev–Trinajstić information content (AvgIpc) is 3.03. The second-order valence-corrected chi connectivity index (χ2v) is 9.53. The zero-order chi connectivity index (χ0) is 18.4. The maximum atomic E-state index is 12.7. The number of thiophene rings is 1. The number of carbonyl (C=O) groups is 2. The molecule has 5 nitrogen and oxygen atoms in total. The number of nitrogens with zero attached hydrogens (tertiary/aromatic N) is 2. The predicted octanol–water partition coefficient (Wildman–Crippen LogP) is 4.09. The molecule has 0 spiro atoms. The van der Waals surface area contributed by atoms with Crippen LogP contribution in [0.2, 0.25) is 0 Å². The Morgan fingerprint density at radius 1 is 1.36 bits per heavy atom. The molecule has 1 aromatic rings. The Morgan fingerprint density at radius 3 is 2.56 bits per heavy atom. The van der Waals surface area contributed by atoms with Gasteiger partial charge in [-0.1, -0.05) is 6.07 Å². The molecule has 1 aliphatic rings. The van der Waals surface area contributed by atoms with Gasteiger partial charge in [0.05, 0.1) is 4.21 Å². The number of likely N-dealkylation sites (tertiary alicyclic amines) is 1. The number of carbonyl (C=O) groups excluding carboxylic acids is 2. The van der Waals surface area contributed by atoms with E-state index in [0.29, 0.717) is 19.6 Å². The van der Waals surface area contributed by atoms with E-state index in [9.17, 15) is 9.59 Å². The highest BCUT2D eigenvalue weighted by Gasteiger charge is 2.31. The zero-order valence-corrected chi connectivity index (χ0v) is 17.1. The van der Waals surface area contributed by atoms with Gasteiger partial charge in [0.15, 0.2) is 0 Å². The van der Waals surface area contributed by atoms with Crippen molar-refractivity contribution in [2.24, 2.45) is 0 Å². The molecule has 1 fully saturated rings. The first-order valence-corrected chi connectivity index (χ1v) is 10.5. The molecule has 0 bridgehead atoms. The number of thioether (sulfide) groups is 1. The summed E-state index contributed by atoms with van der Waals surface area (Å²) in [5.41, 5.74) is -0.504. The van der Waals surface area contributed by atoms with Crippen molar-refractivity contribution in [2.75, 3.05) is 25.4 Å². The lowest BCUT2D eigenvalue weighted by Crippen LogP contribution is -2.50. The van der Waals surface area contributed by atoms with E-state index in [2.05, 4.69) is 11.4 Å². The van der Waals surface area contributed by atoms with Crippen LogP contribution >= 0.6 is 23.1 Å². The lowest BCUT2D eigenvalue weighted by Gasteiger charge is -2.38. The molecular formula is C18H28N2O3S2. The van der Waals surface area contributed by atoms with Crippen LogP contribution in [0.4, 0.5) is 4.79 Å². The first-order chi connectivity index (χ1) is 11.8. The fraction of sp³-hybridized carbons (Fsp3) is 0.667. The molecule has 25 heavy (non-hydrogen) atoms. The monoisotopic (exact) mass is 384 g/mol. The van der Waals surface area contributed by atoms with Gasteiger partial charge in [0.1, 0.15) is 5.60 Å². The van der Waals surface area contributed by atoms with Gasteiger partial charge < -0.3 is 14.5 Å². The van der Waals surface area contributed by atoms with Gasteiger partial charge in [0, 0.05) is 38.4 Å². The van der Waals surface area contributed by atoms with E-state index in [1.807, 2.05) is 36.6 Å². The summed E-state index contributed by atoms with van der Waals surface area (Å²) in [6.45, 7) is 9.34. The van der Waals surface area contributed by atoms with E-state index in [0.717, 1.165) is 18.6 Å². The van der Waals surface area contributed by atoms with E-state index in [-0.39, 0.29) is 18.0 Å². The molecule has 2 amide bonds. The number of hydrogen-bond acceptors (Lipinski definition) is 5. The third-order valence-electron chi connectivity index (χ3n) is 4.05. The quantitative estimate of drug-likeness (QED) is 0.718. The minimum atomic E-state index is -0.504. The fourth-order valence-electron chi connectivity index (χ4n) is 2.83. The van der Waals surface area contributed by atoms with E-state index < -0.39 is 5.60 Å². The van der Waals surface area contributed by atoms with Crippen LogP contribution in [0.3, 0.4) is 0 Å². The molecule has 0 aliphatic carbocycles. The number of rotatable bonds is 5. The van der Waals surface area contributed by atoms with Crippen LogP contribution in [0, 0.1) is 0 Å². The first-order valence-electron chi connectivity index (χ1n) is 8.68. The molecule has 0 saturated carbocycles. The smallest absolute Gasteiger partial charge is 0.410 e. The van der Waals surface area contributed by atoms with E-state index in [1.165, 1.54) is 4.21 Å². The molecule has 0 unspecified atom stereocenters. The Labute approximate surface area is 158 Å². The summed E-state index contributed by atoms with van der Waals surface area (Å²) in [5.74, 6) is 0.947. The van der Waals surface area contributed by atoms with Crippen molar-refractivity contribution in [3.8, 4) is 0 Å². The van der Waals surface area contributed by atoms with E-state index >= 15 is 0 Å². The molecule has 140 valence electrons. The minimum Gasteiger partial charge on any atom is -0.444 e. The van der Waals surface area contributed by atoms with Gasteiger partial charge in [-0.25, -0.2) is 4.79 Å². The molecule has 0 radical (unpaired) electrons. The van der Waals surface area contributed by atoms with Gasteiger partial charge in [-0.2, -0.15) is 0 Å². The molecule has 2 rings (SSSR count). The van der Waals surface area contributed by atoms with Crippen LogP contribution in [0.25, 0.3) is 0 Å².